The SMILES string of the molecule is CCOC(=O)c1cnc(C)nc1C1CCCC1. The van der Waals surface area contributed by atoms with Crippen LogP contribution < -0.4 is 0 Å². The molecule has 0 radical (unpaired) electrons. The zero-order valence-electron chi connectivity index (χ0n) is 10.4. The molecular weight excluding hydrogens is 216 g/mol. The topological polar surface area (TPSA) is 52.1 Å². The first-order chi connectivity index (χ1) is 8.22. The Morgan fingerprint density at radius 2 is 2.18 bits per heavy atom. The van der Waals surface area contributed by atoms with Crippen LogP contribution in [0.4, 0.5) is 0 Å². The molecule has 0 N–H and O–H groups in total. The summed E-state index contributed by atoms with van der Waals surface area (Å²) in [6.45, 7) is 4.05. The van der Waals surface area contributed by atoms with Gasteiger partial charge in [-0.25, -0.2) is 14.8 Å². The summed E-state index contributed by atoms with van der Waals surface area (Å²) in [7, 11) is 0. The minimum absolute atomic E-state index is 0.297. The van der Waals surface area contributed by atoms with Gasteiger partial charge in [-0.05, 0) is 26.7 Å². The number of aryl methyl sites for hydroxylation is 1. The van der Waals surface area contributed by atoms with Crippen molar-refractivity contribution in [3.8, 4) is 0 Å². The highest BCUT2D eigenvalue weighted by atomic mass is 16.5. The Balaban J connectivity index is 2.33. The second kappa shape index (κ2) is 5.25. The van der Waals surface area contributed by atoms with Gasteiger partial charge in [0.05, 0.1) is 17.9 Å². The molecule has 1 aromatic heterocycles. The van der Waals surface area contributed by atoms with Gasteiger partial charge in [-0.1, -0.05) is 12.8 Å². The molecular formula is C13H18N2O2. The van der Waals surface area contributed by atoms with E-state index in [9.17, 15) is 4.79 Å². The molecule has 0 aliphatic heterocycles. The third kappa shape index (κ3) is 2.62. The summed E-state index contributed by atoms with van der Waals surface area (Å²) in [5.41, 5.74) is 1.43. The molecule has 1 aromatic rings. The van der Waals surface area contributed by atoms with Gasteiger partial charge < -0.3 is 4.74 Å². The minimum Gasteiger partial charge on any atom is -0.462 e. The van der Waals surface area contributed by atoms with Crippen LogP contribution in [-0.4, -0.2) is 22.5 Å². The molecule has 1 aliphatic rings. The lowest BCUT2D eigenvalue weighted by atomic mass is 9.99. The molecule has 4 nitrogen and oxygen atoms in total. The molecule has 1 saturated carbocycles. The summed E-state index contributed by atoms with van der Waals surface area (Å²) < 4.78 is 5.05. The molecule has 2 rings (SSSR count). The summed E-state index contributed by atoms with van der Waals surface area (Å²) >= 11 is 0. The van der Waals surface area contributed by atoms with Gasteiger partial charge in [0.1, 0.15) is 5.82 Å². The van der Waals surface area contributed by atoms with Gasteiger partial charge in [-0.15, -0.1) is 0 Å². The zero-order valence-corrected chi connectivity index (χ0v) is 10.4. The highest BCUT2D eigenvalue weighted by Gasteiger charge is 2.25. The molecule has 0 spiro atoms. The number of carbonyl (C=O) groups excluding carboxylic acids is 1. The molecule has 1 fully saturated rings. The number of hydrogen-bond donors (Lipinski definition) is 0. The summed E-state index contributed by atoms with van der Waals surface area (Å²) in [5, 5.41) is 0. The van der Waals surface area contributed by atoms with Crippen LogP contribution in [0.15, 0.2) is 6.20 Å². The first-order valence-corrected chi connectivity index (χ1v) is 6.23. The van der Waals surface area contributed by atoms with Gasteiger partial charge in [-0.2, -0.15) is 0 Å². The van der Waals surface area contributed by atoms with Gasteiger partial charge in [-0.3, -0.25) is 0 Å². The number of nitrogens with zero attached hydrogens (tertiary/aromatic N) is 2. The van der Waals surface area contributed by atoms with Crippen LogP contribution in [0.25, 0.3) is 0 Å². The monoisotopic (exact) mass is 234 g/mol. The quantitative estimate of drug-likeness (QED) is 0.754. The van der Waals surface area contributed by atoms with Crippen LogP contribution in [-0.2, 0) is 4.74 Å². The first-order valence-electron chi connectivity index (χ1n) is 6.23. The van der Waals surface area contributed by atoms with Crippen molar-refractivity contribution in [2.75, 3.05) is 6.61 Å². The van der Waals surface area contributed by atoms with Crippen molar-refractivity contribution in [2.45, 2.75) is 45.4 Å². The molecule has 0 saturated heterocycles. The van der Waals surface area contributed by atoms with Gasteiger partial charge >= 0.3 is 5.97 Å². The minimum atomic E-state index is -0.297. The molecule has 0 bridgehead atoms. The number of ether oxygens (including phenoxy) is 1. The Morgan fingerprint density at radius 3 is 2.82 bits per heavy atom. The fraction of sp³-hybridized carbons (Fsp3) is 0.615. The van der Waals surface area contributed by atoms with E-state index in [2.05, 4.69) is 9.97 Å². The van der Waals surface area contributed by atoms with Crippen molar-refractivity contribution in [1.29, 1.82) is 0 Å². The Hall–Kier alpha value is -1.45. The van der Waals surface area contributed by atoms with Crippen LogP contribution in [0.3, 0.4) is 0 Å². The van der Waals surface area contributed by atoms with Crippen LogP contribution in [0.1, 0.15) is 60.4 Å². The lowest BCUT2D eigenvalue weighted by Crippen LogP contribution is -2.13. The average molecular weight is 234 g/mol. The maximum atomic E-state index is 11.8. The normalized spacial score (nSPS) is 16.1. The van der Waals surface area contributed by atoms with Crippen molar-refractivity contribution < 1.29 is 9.53 Å². The Kier molecular flexibility index (Phi) is 3.71. The molecule has 0 unspecified atom stereocenters. The molecule has 0 amide bonds. The molecule has 92 valence electrons. The predicted octanol–water partition coefficient (Wildman–Crippen LogP) is 2.62. The molecule has 1 heterocycles. The van der Waals surface area contributed by atoms with E-state index in [4.69, 9.17) is 4.74 Å². The van der Waals surface area contributed by atoms with Gasteiger partial charge in [0.25, 0.3) is 0 Å². The van der Waals surface area contributed by atoms with Gasteiger partial charge in [0, 0.05) is 12.1 Å². The van der Waals surface area contributed by atoms with E-state index in [1.807, 2.05) is 13.8 Å². The fourth-order valence-electron chi connectivity index (χ4n) is 2.36. The number of rotatable bonds is 3. The Morgan fingerprint density at radius 1 is 1.47 bits per heavy atom. The molecule has 0 aromatic carbocycles. The second-order valence-corrected chi connectivity index (χ2v) is 4.42. The van der Waals surface area contributed by atoms with E-state index < -0.39 is 0 Å². The third-order valence-corrected chi connectivity index (χ3v) is 3.18. The van der Waals surface area contributed by atoms with E-state index in [-0.39, 0.29) is 5.97 Å². The van der Waals surface area contributed by atoms with Crippen LogP contribution in [0.2, 0.25) is 0 Å². The van der Waals surface area contributed by atoms with E-state index in [1.54, 1.807) is 6.20 Å². The number of carbonyl (C=O) groups is 1. The zero-order chi connectivity index (χ0) is 12.3. The maximum Gasteiger partial charge on any atom is 0.341 e. The van der Waals surface area contributed by atoms with Crippen LogP contribution in [0, 0.1) is 6.92 Å². The number of esters is 1. The largest absolute Gasteiger partial charge is 0.462 e. The van der Waals surface area contributed by atoms with Crippen molar-refractivity contribution in [1.82, 2.24) is 9.97 Å². The number of aromatic nitrogens is 2. The Bertz CT molecular complexity index is 412. The summed E-state index contributed by atoms with van der Waals surface area (Å²) in [6, 6.07) is 0. The average Bonchev–Trinajstić information content (AvgIpc) is 2.82. The maximum absolute atomic E-state index is 11.8. The van der Waals surface area contributed by atoms with E-state index in [0.29, 0.717) is 18.1 Å². The van der Waals surface area contributed by atoms with Crippen LogP contribution >= 0.6 is 0 Å². The van der Waals surface area contributed by atoms with Crippen molar-refractivity contribution >= 4 is 5.97 Å². The van der Waals surface area contributed by atoms with E-state index in [1.165, 1.54) is 12.8 Å². The number of hydrogen-bond acceptors (Lipinski definition) is 4. The summed E-state index contributed by atoms with van der Waals surface area (Å²) in [6.07, 6.45) is 6.27. The molecule has 1 aliphatic carbocycles. The smallest absolute Gasteiger partial charge is 0.341 e. The highest BCUT2D eigenvalue weighted by Crippen LogP contribution is 2.34. The van der Waals surface area contributed by atoms with Crippen molar-refractivity contribution in [3.05, 3.63) is 23.3 Å². The first kappa shape index (κ1) is 12.0. The fourth-order valence-corrected chi connectivity index (χ4v) is 2.36. The second-order valence-electron chi connectivity index (χ2n) is 4.42. The summed E-state index contributed by atoms with van der Waals surface area (Å²) in [5.74, 6) is 0.824. The molecule has 4 heteroatoms. The predicted molar refractivity (Wildman–Crippen MR) is 63.9 cm³/mol. The van der Waals surface area contributed by atoms with E-state index in [0.717, 1.165) is 24.4 Å². The lowest BCUT2D eigenvalue weighted by Gasteiger charge is -2.13. The lowest BCUT2D eigenvalue weighted by molar-refractivity contribution is 0.0523. The van der Waals surface area contributed by atoms with Crippen LogP contribution in [0.5, 0.6) is 0 Å². The molecule has 0 atom stereocenters. The van der Waals surface area contributed by atoms with Gasteiger partial charge in [0.2, 0.25) is 0 Å². The van der Waals surface area contributed by atoms with Gasteiger partial charge in [0.15, 0.2) is 0 Å². The van der Waals surface area contributed by atoms with E-state index >= 15 is 0 Å². The highest BCUT2D eigenvalue weighted by molar-refractivity contribution is 5.90. The summed E-state index contributed by atoms with van der Waals surface area (Å²) in [4.78, 5) is 20.4. The van der Waals surface area contributed by atoms with Crippen molar-refractivity contribution in [2.24, 2.45) is 0 Å². The third-order valence-electron chi connectivity index (χ3n) is 3.18. The van der Waals surface area contributed by atoms with Crippen molar-refractivity contribution in [3.63, 3.8) is 0 Å². The standard InChI is InChI=1S/C13H18N2O2/c1-3-17-13(16)11-8-14-9(2)15-12(11)10-6-4-5-7-10/h8,10H,3-7H2,1-2H3. The molecule has 17 heavy (non-hydrogen) atoms. The Labute approximate surface area is 101 Å².